The minimum absolute atomic E-state index is 0.0387. The maximum Gasteiger partial charge on any atom is 0.248 e. The number of likely N-dealkylation sites (N-methyl/N-ethyl adjacent to an activating group) is 1. The van der Waals surface area contributed by atoms with Crippen LogP contribution < -0.4 is 4.90 Å². The molecule has 1 saturated heterocycles. The van der Waals surface area contributed by atoms with E-state index in [1.165, 1.54) is 7.05 Å². The van der Waals surface area contributed by atoms with Gasteiger partial charge in [-0.1, -0.05) is 26.0 Å². The van der Waals surface area contributed by atoms with Crippen LogP contribution >= 0.6 is 0 Å². The lowest BCUT2D eigenvalue weighted by molar-refractivity contribution is -0.143. The van der Waals surface area contributed by atoms with E-state index in [1.807, 2.05) is 38.1 Å². The van der Waals surface area contributed by atoms with Crippen LogP contribution in [0.2, 0.25) is 0 Å². The minimum Gasteiger partial charge on any atom is -0.395 e. The standard InChI is InChI=1S/C15H20N2O3/c1-15(2,10-18)11-5-4-6-12(7-11)17-8-13(19)16(3)14(20)9-17/h4-7,18H,8-10H2,1-3H3. The summed E-state index contributed by atoms with van der Waals surface area (Å²) in [6, 6.07) is 7.64. The summed E-state index contributed by atoms with van der Waals surface area (Å²) < 4.78 is 0. The van der Waals surface area contributed by atoms with E-state index in [0.717, 1.165) is 16.2 Å². The summed E-state index contributed by atoms with van der Waals surface area (Å²) in [6.07, 6.45) is 0. The average Bonchev–Trinajstić information content (AvgIpc) is 2.44. The summed E-state index contributed by atoms with van der Waals surface area (Å²) >= 11 is 0. The second-order valence-electron chi connectivity index (χ2n) is 5.79. The van der Waals surface area contributed by atoms with Crippen LogP contribution in [0.4, 0.5) is 5.69 Å². The number of imide groups is 1. The van der Waals surface area contributed by atoms with E-state index in [2.05, 4.69) is 0 Å². The molecule has 2 rings (SSSR count). The first-order chi connectivity index (χ1) is 9.35. The Bertz CT molecular complexity index is 522. The molecule has 0 saturated carbocycles. The number of benzene rings is 1. The van der Waals surface area contributed by atoms with Crippen molar-refractivity contribution in [3.8, 4) is 0 Å². The highest BCUT2D eigenvalue weighted by Crippen LogP contribution is 2.27. The first-order valence-corrected chi connectivity index (χ1v) is 6.61. The Morgan fingerprint density at radius 2 is 1.80 bits per heavy atom. The number of aliphatic hydroxyl groups is 1. The van der Waals surface area contributed by atoms with Gasteiger partial charge in [-0.2, -0.15) is 0 Å². The minimum atomic E-state index is -0.351. The molecule has 0 unspecified atom stereocenters. The van der Waals surface area contributed by atoms with Crippen molar-refractivity contribution in [2.24, 2.45) is 0 Å². The molecule has 0 radical (unpaired) electrons. The van der Waals surface area contributed by atoms with Gasteiger partial charge in [0.2, 0.25) is 11.8 Å². The molecule has 5 nitrogen and oxygen atoms in total. The SMILES string of the molecule is CN1C(=O)CN(c2cccc(C(C)(C)CO)c2)CC1=O. The summed E-state index contributed by atoms with van der Waals surface area (Å²) in [4.78, 5) is 26.4. The molecule has 0 atom stereocenters. The highest BCUT2D eigenvalue weighted by Gasteiger charge is 2.29. The van der Waals surface area contributed by atoms with E-state index >= 15 is 0 Å². The first kappa shape index (κ1) is 14.5. The predicted molar refractivity (Wildman–Crippen MR) is 76.5 cm³/mol. The predicted octanol–water partition coefficient (Wildman–Crippen LogP) is 0.761. The van der Waals surface area contributed by atoms with E-state index in [9.17, 15) is 14.7 Å². The van der Waals surface area contributed by atoms with Gasteiger partial charge in [0, 0.05) is 18.2 Å². The smallest absolute Gasteiger partial charge is 0.248 e. The Labute approximate surface area is 118 Å². The molecule has 108 valence electrons. The Balaban J connectivity index is 2.28. The molecular formula is C15H20N2O3. The number of piperazine rings is 1. The van der Waals surface area contributed by atoms with Crippen molar-refractivity contribution in [2.75, 3.05) is 31.6 Å². The molecule has 0 aliphatic carbocycles. The van der Waals surface area contributed by atoms with E-state index in [0.29, 0.717) is 0 Å². The molecule has 1 aromatic rings. The second-order valence-corrected chi connectivity index (χ2v) is 5.79. The fourth-order valence-corrected chi connectivity index (χ4v) is 2.13. The number of aliphatic hydroxyl groups excluding tert-OH is 1. The number of anilines is 1. The number of carbonyl (C=O) groups is 2. The van der Waals surface area contributed by atoms with Crippen LogP contribution in [-0.2, 0) is 15.0 Å². The Morgan fingerprint density at radius 1 is 1.20 bits per heavy atom. The van der Waals surface area contributed by atoms with Gasteiger partial charge in [-0.05, 0) is 17.7 Å². The summed E-state index contributed by atoms with van der Waals surface area (Å²) in [7, 11) is 1.51. The molecule has 5 heteroatoms. The maximum absolute atomic E-state index is 11.7. The van der Waals surface area contributed by atoms with Crippen LogP contribution in [0.25, 0.3) is 0 Å². The number of hydrogen-bond acceptors (Lipinski definition) is 4. The molecule has 0 bridgehead atoms. The molecule has 1 aliphatic heterocycles. The lowest BCUT2D eigenvalue weighted by Gasteiger charge is -2.33. The third-order valence-corrected chi connectivity index (χ3v) is 3.79. The summed E-state index contributed by atoms with van der Waals surface area (Å²) in [6.45, 7) is 4.34. The van der Waals surface area contributed by atoms with Crippen LogP contribution in [0.15, 0.2) is 24.3 Å². The summed E-state index contributed by atoms with van der Waals surface area (Å²) in [5.41, 5.74) is 1.46. The van der Waals surface area contributed by atoms with Gasteiger partial charge in [0.1, 0.15) is 0 Å². The molecule has 1 fully saturated rings. The molecule has 0 spiro atoms. The fraction of sp³-hybridized carbons (Fsp3) is 0.467. The lowest BCUT2D eigenvalue weighted by atomic mass is 9.85. The van der Waals surface area contributed by atoms with Crippen molar-refractivity contribution in [1.82, 2.24) is 4.90 Å². The van der Waals surface area contributed by atoms with Gasteiger partial charge >= 0.3 is 0 Å². The zero-order valence-corrected chi connectivity index (χ0v) is 12.1. The molecule has 1 N–H and O–H groups in total. The normalized spacial score (nSPS) is 16.8. The lowest BCUT2D eigenvalue weighted by Crippen LogP contribution is -2.52. The van der Waals surface area contributed by atoms with Crippen molar-refractivity contribution >= 4 is 17.5 Å². The van der Waals surface area contributed by atoms with E-state index < -0.39 is 0 Å². The molecule has 0 aromatic heterocycles. The van der Waals surface area contributed by atoms with Crippen molar-refractivity contribution in [2.45, 2.75) is 19.3 Å². The second kappa shape index (κ2) is 5.25. The summed E-state index contributed by atoms with van der Waals surface area (Å²) in [5, 5.41) is 9.44. The number of amides is 2. The average molecular weight is 276 g/mol. The Morgan fingerprint density at radius 3 is 2.35 bits per heavy atom. The van der Waals surface area contributed by atoms with Gasteiger partial charge in [0.05, 0.1) is 19.7 Å². The van der Waals surface area contributed by atoms with Gasteiger partial charge in [-0.25, -0.2) is 0 Å². The highest BCUT2D eigenvalue weighted by molar-refractivity contribution is 6.02. The molecule has 1 heterocycles. The highest BCUT2D eigenvalue weighted by atomic mass is 16.3. The van der Waals surface area contributed by atoms with Crippen LogP contribution in [-0.4, -0.2) is 48.6 Å². The molecule has 1 aliphatic rings. The van der Waals surface area contributed by atoms with E-state index in [4.69, 9.17) is 0 Å². The van der Waals surface area contributed by atoms with Crippen LogP contribution in [0.5, 0.6) is 0 Å². The van der Waals surface area contributed by atoms with E-state index in [1.54, 1.807) is 4.90 Å². The quantitative estimate of drug-likeness (QED) is 0.828. The van der Waals surface area contributed by atoms with Crippen LogP contribution in [0.1, 0.15) is 19.4 Å². The number of rotatable bonds is 3. The van der Waals surface area contributed by atoms with Crippen molar-refractivity contribution in [3.63, 3.8) is 0 Å². The zero-order valence-electron chi connectivity index (χ0n) is 12.1. The van der Waals surface area contributed by atoms with Crippen molar-refractivity contribution in [1.29, 1.82) is 0 Å². The number of hydrogen-bond donors (Lipinski definition) is 1. The largest absolute Gasteiger partial charge is 0.395 e. The van der Waals surface area contributed by atoms with Crippen molar-refractivity contribution in [3.05, 3.63) is 29.8 Å². The number of nitrogens with zero attached hydrogens (tertiary/aromatic N) is 2. The number of carbonyl (C=O) groups excluding carboxylic acids is 2. The molecular weight excluding hydrogens is 256 g/mol. The fourth-order valence-electron chi connectivity index (χ4n) is 2.13. The van der Waals surface area contributed by atoms with Gasteiger partial charge in [0.25, 0.3) is 0 Å². The van der Waals surface area contributed by atoms with Gasteiger partial charge < -0.3 is 10.0 Å². The van der Waals surface area contributed by atoms with Gasteiger partial charge in [-0.15, -0.1) is 0 Å². The van der Waals surface area contributed by atoms with Crippen LogP contribution in [0.3, 0.4) is 0 Å². The summed E-state index contributed by atoms with van der Waals surface area (Å²) in [5.74, 6) is -0.402. The zero-order chi connectivity index (χ0) is 14.9. The first-order valence-electron chi connectivity index (χ1n) is 6.61. The topological polar surface area (TPSA) is 60.9 Å². The molecule has 20 heavy (non-hydrogen) atoms. The maximum atomic E-state index is 11.7. The van der Waals surface area contributed by atoms with E-state index in [-0.39, 0.29) is 36.9 Å². The van der Waals surface area contributed by atoms with Crippen LogP contribution in [0, 0.1) is 0 Å². The third-order valence-electron chi connectivity index (χ3n) is 3.79. The third kappa shape index (κ3) is 2.67. The van der Waals surface area contributed by atoms with Gasteiger partial charge in [0.15, 0.2) is 0 Å². The Hall–Kier alpha value is -1.88. The van der Waals surface area contributed by atoms with Crippen molar-refractivity contribution < 1.29 is 14.7 Å². The van der Waals surface area contributed by atoms with Gasteiger partial charge in [-0.3, -0.25) is 14.5 Å². The molecule has 2 amide bonds. The monoisotopic (exact) mass is 276 g/mol. The molecule has 1 aromatic carbocycles. The Kier molecular flexibility index (Phi) is 3.81.